The van der Waals surface area contributed by atoms with Crippen molar-refractivity contribution in [1.82, 2.24) is 14.5 Å². The van der Waals surface area contributed by atoms with Gasteiger partial charge in [-0.1, -0.05) is 30.3 Å². The number of sulfonamides is 1. The van der Waals surface area contributed by atoms with Crippen molar-refractivity contribution in [2.45, 2.75) is 18.9 Å². The van der Waals surface area contributed by atoms with Gasteiger partial charge in [-0.2, -0.15) is 0 Å². The molecule has 1 aromatic carbocycles. The summed E-state index contributed by atoms with van der Waals surface area (Å²) in [6.45, 7) is 4.34. The Morgan fingerprint density at radius 1 is 1.07 bits per heavy atom. The predicted molar refractivity (Wildman–Crippen MR) is 116 cm³/mol. The number of nitrogens with one attached hydrogen (secondary N) is 1. The number of allylic oxidation sites excluding steroid dienone is 1. The van der Waals surface area contributed by atoms with E-state index in [0.717, 1.165) is 38.2 Å². The molecule has 1 aliphatic carbocycles. The molecule has 1 N–H and O–H groups in total. The molecule has 2 heterocycles. The Bertz CT molecular complexity index is 930. The lowest BCUT2D eigenvalue weighted by atomic mass is 9.98. The molecule has 2 aromatic rings. The highest BCUT2D eigenvalue weighted by Crippen LogP contribution is 2.29. The van der Waals surface area contributed by atoms with E-state index in [4.69, 9.17) is 0 Å². The summed E-state index contributed by atoms with van der Waals surface area (Å²) in [5.74, 6) is 0. The monoisotopic (exact) mass is 417 g/mol. The number of likely N-dealkylation sites (N-methyl/N-ethyl adjacent to an activating group) is 1. The van der Waals surface area contributed by atoms with Crippen LogP contribution in [0.1, 0.15) is 28.5 Å². The second kappa shape index (κ2) is 8.47. The number of hydrogen-bond acceptors (Lipinski definition) is 5. The number of rotatable bonds is 6. The average molecular weight is 418 g/mol. The first kappa shape index (κ1) is 19.8. The van der Waals surface area contributed by atoms with Gasteiger partial charge >= 0.3 is 0 Å². The molecule has 1 fully saturated rings. The fourth-order valence-electron chi connectivity index (χ4n) is 3.92. The fourth-order valence-corrected chi connectivity index (χ4v) is 6.00. The van der Waals surface area contributed by atoms with Crippen molar-refractivity contribution in [1.29, 1.82) is 0 Å². The molecule has 2 aliphatic rings. The summed E-state index contributed by atoms with van der Waals surface area (Å²) in [5.41, 5.74) is 2.23. The van der Waals surface area contributed by atoms with E-state index in [-0.39, 0.29) is 6.04 Å². The lowest BCUT2D eigenvalue weighted by Crippen LogP contribution is -2.48. The third-order valence-electron chi connectivity index (χ3n) is 5.67. The maximum absolute atomic E-state index is 13.0. The number of piperazine rings is 1. The zero-order valence-electron chi connectivity index (χ0n) is 16.2. The normalized spacial score (nSPS) is 19.8. The summed E-state index contributed by atoms with van der Waals surface area (Å²) in [4.78, 5) is 6.43. The summed E-state index contributed by atoms with van der Waals surface area (Å²) >= 11 is 1.70. The molecule has 1 aliphatic heterocycles. The van der Waals surface area contributed by atoms with Gasteiger partial charge in [0.1, 0.15) is 0 Å². The number of fused-ring (bicyclic) bond motifs is 1. The van der Waals surface area contributed by atoms with Crippen molar-refractivity contribution in [3.63, 3.8) is 0 Å². The van der Waals surface area contributed by atoms with Crippen molar-refractivity contribution < 1.29 is 8.42 Å². The lowest BCUT2D eigenvalue weighted by Gasteiger charge is -2.37. The molecule has 5 nitrogen and oxygen atoms in total. The highest BCUT2D eigenvalue weighted by molar-refractivity contribution is 7.93. The minimum Gasteiger partial charge on any atom is -0.304 e. The molecule has 1 saturated heterocycles. The zero-order valence-corrected chi connectivity index (χ0v) is 17.8. The van der Waals surface area contributed by atoms with Crippen LogP contribution in [0.3, 0.4) is 0 Å². The summed E-state index contributed by atoms with van der Waals surface area (Å²) in [6, 6.07) is 12.3. The maximum Gasteiger partial charge on any atom is 0.236 e. The second-order valence-corrected chi connectivity index (χ2v) is 10.3. The van der Waals surface area contributed by atoms with Gasteiger partial charge < -0.3 is 4.90 Å². The molecule has 0 bridgehead atoms. The van der Waals surface area contributed by atoms with E-state index in [2.05, 4.69) is 39.1 Å². The van der Waals surface area contributed by atoms with Gasteiger partial charge in [0.15, 0.2) is 0 Å². The quantitative estimate of drug-likeness (QED) is 0.785. The Labute approximate surface area is 171 Å². The minimum atomic E-state index is -3.48. The van der Waals surface area contributed by atoms with E-state index in [1.54, 1.807) is 11.3 Å². The van der Waals surface area contributed by atoms with Crippen LogP contribution in [-0.2, 0) is 16.4 Å². The van der Waals surface area contributed by atoms with Crippen molar-refractivity contribution >= 4 is 27.4 Å². The van der Waals surface area contributed by atoms with Gasteiger partial charge in [-0.3, -0.25) is 4.90 Å². The predicted octanol–water partition coefficient (Wildman–Crippen LogP) is 2.94. The van der Waals surface area contributed by atoms with Gasteiger partial charge in [-0.15, -0.1) is 11.3 Å². The molecule has 0 spiro atoms. The molecule has 1 aromatic heterocycles. The van der Waals surface area contributed by atoms with Crippen LogP contribution >= 0.6 is 11.3 Å². The van der Waals surface area contributed by atoms with E-state index >= 15 is 0 Å². The van der Waals surface area contributed by atoms with Gasteiger partial charge in [0.25, 0.3) is 0 Å². The molecular weight excluding hydrogens is 390 g/mol. The molecule has 4 rings (SSSR count). The van der Waals surface area contributed by atoms with E-state index in [1.165, 1.54) is 10.4 Å². The molecular formula is C21H27N3O2S2. The van der Waals surface area contributed by atoms with Gasteiger partial charge in [0.2, 0.25) is 10.0 Å². The number of thiophene rings is 1. The summed E-state index contributed by atoms with van der Waals surface area (Å²) < 4.78 is 28.9. The first-order valence-electron chi connectivity index (χ1n) is 9.77. The highest BCUT2D eigenvalue weighted by atomic mass is 32.2. The Kier molecular flexibility index (Phi) is 5.99. The van der Waals surface area contributed by atoms with Crippen LogP contribution in [0, 0.1) is 0 Å². The molecule has 0 radical (unpaired) electrons. The molecule has 150 valence electrons. The van der Waals surface area contributed by atoms with Crippen LogP contribution in [0.5, 0.6) is 0 Å². The van der Waals surface area contributed by atoms with Crippen LogP contribution < -0.4 is 4.72 Å². The van der Waals surface area contributed by atoms with Gasteiger partial charge in [0.05, 0.1) is 10.9 Å². The summed E-state index contributed by atoms with van der Waals surface area (Å²) in [7, 11) is -1.35. The van der Waals surface area contributed by atoms with Crippen LogP contribution in [0.2, 0.25) is 0 Å². The minimum absolute atomic E-state index is 0.0833. The Hall–Kier alpha value is -1.51. The third-order valence-corrected chi connectivity index (χ3v) is 8.21. The third kappa shape index (κ3) is 4.39. The molecule has 1 unspecified atom stereocenters. The Morgan fingerprint density at radius 3 is 2.61 bits per heavy atom. The van der Waals surface area contributed by atoms with Crippen LogP contribution in [0.15, 0.2) is 46.7 Å². The van der Waals surface area contributed by atoms with E-state index in [0.29, 0.717) is 17.9 Å². The van der Waals surface area contributed by atoms with E-state index < -0.39 is 10.0 Å². The van der Waals surface area contributed by atoms with Crippen molar-refractivity contribution in [2.24, 2.45) is 0 Å². The van der Waals surface area contributed by atoms with Crippen molar-refractivity contribution in [3.8, 4) is 0 Å². The lowest BCUT2D eigenvalue weighted by molar-refractivity contribution is 0.114. The first-order chi connectivity index (χ1) is 13.5. The summed E-state index contributed by atoms with van der Waals surface area (Å²) in [5, 5.41) is 2.06. The number of aryl methyl sites for hydroxylation is 1. The standard InChI is InChI=1S/C21H27N3O2S2/c1-23-10-12-24(13-11-23)20(21-7-4-14-27-21)16-22-28(25,26)19-9-8-17-5-2-3-6-18(17)15-19/h2-7,14-15,20,22H,8-13,16H2,1H3. The zero-order chi connectivity index (χ0) is 19.6. The van der Waals surface area contributed by atoms with Gasteiger partial charge in [0, 0.05) is 37.6 Å². The van der Waals surface area contributed by atoms with Gasteiger partial charge in [-0.25, -0.2) is 13.1 Å². The van der Waals surface area contributed by atoms with Crippen LogP contribution in [0.4, 0.5) is 0 Å². The number of benzene rings is 1. The maximum atomic E-state index is 13.0. The summed E-state index contributed by atoms with van der Waals surface area (Å²) in [6.07, 6.45) is 3.16. The first-order valence-corrected chi connectivity index (χ1v) is 12.1. The molecule has 1 atom stereocenters. The van der Waals surface area contributed by atoms with Crippen LogP contribution in [-0.4, -0.2) is 58.0 Å². The van der Waals surface area contributed by atoms with Crippen LogP contribution in [0.25, 0.3) is 6.08 Å². The molecule has 7 heteroatoms. The largest absolute Gasteiger partial charge is 0.304 e. The van der Waals surface area contributed by atoms with Crippen molar-refractivity contribution in [3.05, 3.63) is 62.7 Å². The molecule has 0 saturated carbocycles. The molecule has 0 amide bonds. The second-order valence-electron chi connectivity index (χ2n) is 7.53. The van der Waals surface area contributed by atoms with Crippen molar-refractivity contribution in [2.75, 3.05) is 39.8 Å². The molecule has 28 heavy (non-hydrogen) atoms. The topological polar surface area (TPSA) is 52.6 Å². The SMILES string of the molecule is CN1CCN(C(CNS(=O)(=O)C2=Cc3ccccc3CC2)c2cccs2)CC1. The van der Waals surface area contributed by atoms with E-state index in [9.17, 15) is 8.42 Å². The van der Waals surface area contributed by atoms with E-state index in [1.807, 2.05) is 30.3 Å². The Morgan fingerprint density at radius 2 is 1.86 bits per heavy atom. The fraction of sp³-hybridized carbons (Fsp3) is 0.429. The Balaban J connectivity index is 1.50. The van der Waals surface area contributed by atoms with Gasteiger partial charge in [-0.05, 0) is 48.5 Å². The average Bonchev–Trinajstić information content (AvgIpc) is 3.23. The number of hydrogen-bond donors (Lipinski definition) is 1. The number of nitrogens with zero attached hydrogens (tertiary/aromatic N) is 2. The highest BCUT2D eigenvalue weighted by Gasteiger charge is 2.28. The smallest absolute Gasteiger partial charge is 0.236 e.